The van der Waals surface area contributed by atoms with Crippen molar-refractivity contribution >= 4 is 56.6 Å². The van der Waals surface area contributed by atoms with Crippen LogP contribution in [0.4, 0.5) is 5.95 Å². The first-order valence-electron chi connectivity index (χ1n) is 7.06. The minimum atomic E-state index is -3.92. The molecule has 0 bridgehead atoms. The molecule has 1 N–H and O–H groups in total. The number of fused-ring (bicyclic) bond motifs is 3. The van der Waals surface area contributed by atoms with Crippen LogP contribution in [0.15, 0.2) is 58.5 Å². The van der Waals surface area contributed by atoms with Crippen LogP contribution in [-0.4, -0.2) is 28.2 Å². The number of sulfonamides is 1. The Kier molecular flexibility index (Phi) is 3.78. The van der Waals surface area contributed by atoms with Gasteiger partial charge in [-0.2, -0.15) is 9.61 Å². The van der Waals surface area contributed by atoms with Crippen molar-refractivity contribution in [3.05, 3.63) is 53.7 Å². The van der Waals surface area contributed by atoms with Gasteiger partial charge in [-0.3, -0.25) is 0 Å². The van der Waals surface area contributed by atoms with Gasteiger partial charge < -0.3 is 0 Å². The lowest BCUT2D eigenvalue weighted by Gasteiger charge is -2.08. The summed E-state index contributed by atoms with van der Waals surface area (Å²) in [6.45, 7) is 0. The van der Waals surface area contributed by atoms with Crippen LogP contribution in [0.2, 0.25) is 5.02 Å². The van der Waals surface area contributed by atoms with Gasteiger partial charge in [0.1, 0.15) is 4.90 Å². The Morgan fingerprint density at radius 2 is 1.92 bits per heavy atom. The van der Waals surface area contributed by atoms with E-state index in [4.69, 9.17) is 11.6 Å². The second kappa shape index (κ2) is 5.87. The number of benzene rings is 2. The normalized spacial score (nSPS) is 11.9. The van der Waals surface area contributed by atoms with Crippen LogP contribution < -0.4 is 4.72 Å². The van der Waals surface area contributed by atoms with Gasteiger partial charge in [-0.05, 0) is 18.2 Å². The van der Waals surface area contributed by atoms with Crippen LogP contribution in [0, 0.1) is 0 Å². The highest BCUT2D eigenvalue weighted by Gasteiger charge is 2.21. The number of hydrogen-bond donors (Lipinski definition) is 2. The van der Waals surface area contributed by atoms with Crippen molar-refractivity contribution < 1.29 is 8.42 Å². The lowest BCUT2D eigenvalue weighted by atomic mass is 10.2. The van der Waals surface area contributed by atoms with Crippen molar-refractivity contribution in [3.63, 3.8) is 0 Å². The van der Waals surface area contributed by atoms with Crippen molar-refractivity contribution in [1.29, 1.82) is 0 Å². The van der Waals surface area contributed by atoms with Gasteiger partial charge in [0, 0.05) is 20.7 Å². The Hall–Kier alpha value is -2.36. The number of thiol groups is 1. The maximum atomic E-state index is 12.6. The van der Waals surface area contributed by atoms with Crippen molar-refractivity contribution in [2.24, 2.45) is 0 Å². The largest absolute Gasteiger partial charge is 0.265 e. The van der Waals surface area contributed by atoms with E-state index in [1.165, 1.54) is 22.7 Å². The minimum absolute atomic E-state index is 0.0107. The molecule has 0 aliphatic heterocycles. The molecule has 126 valence electrons. The topological polar surface area (TPSA) is 89.2 Å². The van der Waals surface area contributed by atoms with Gasteiger partial charge in [-0.15, -0.1) is 22.8 Å². The molecule has 0 aliphatic rings. The average Bonchev–Trinajstić information content (AvgIpc) is 2.97. The molecule has 0 spiro atoms. The predicted molar refractivity (Wildman–Crippen MR) is 97.8 cm³/mol. The van der Waals surface area contributed by atoms with Gasteiger partial charge in [-0.1, -0.05) is 35.9 Å². The standard InChI is InChI=1S/C15H10ClN5O2S2/c16-10-5-6-13(12(24)7-10)25(22,23)20-15-19-18-14-11-4-2-1-3-9(11)8-17-21(14)15/h1-8,24H,(H,19,20). The molecule has 0 saturated carbocycles. The van der Waals surface area contributed by atoms with E-state index in [0.717, 1.165) is 10.8 Å². The first-order valence-corrected chi connectivity index (χ1v) is 9.37. The number of nitrogens with zero attached hydrogens (tertiary/aromatic N) is 4. The summed E-state index contributed by atoms with van der Waals surface area (Å²) in [7, 11) is -3.92. The summed E-state index contributed by atoms with van der Waals surface area (Å²) in [5.41, 5.74) is 0.456. The third-order valence-electron chi connectivity index (χ3n) is 3.59. The van der Waals surface area contributed by atoms with Crippen molar-refractivity contribution in [3.8, 4) is 0 Å². The maximum Gasteiger partial charge on any atom is 0.265 e. The monoisotopic (exact) mass is 391 g/mol. The number of anilines is 1. The van der Waals surface area contributed by atoms with E-state index >= 15 is 0 Å². The van der Waals surface area contributed by atoms with Gasteiger partial charge in [0.2, 0.25) is 0 Å². The molecule has 0 aliphatic carbocycles. The molecular weight excluding hydrogens is 382 g/mol. The summed E-state index contributed by atoms with van der Waals surface area (Å²) in [5.74, 6) is -0.0107. The first kappa shape index (κ1) is 16.1. The molecule has 2 aromatic heterocycles. The second-order valence-corrected chi connectivity index (χ2v) is 7.78. The molecule has 0 atom stereocenters. The molecular formula is C15H10ClN5O2S2. The predicted octanol–water partition coefficient (Wildman–Crippen LogP) is 3.02. The third kappa shape index (κ3) is 2.80. The second-order valence-electron chi connectivity index (χ2n) is 5.21. The zero-order valence-electron chi connectivity index (χ0n) is 12.5. The van der Waals surface area contributed by atoms with E-state index in [1.54, 1.807) is 6.20 Å². The van der Waals surface area contributed by atoms with Crippen molar-refractivity contribution in [2.75, 3.05) is 4.72 Å². The van der Waals surface area contributed by atoms with Crippen LogP contribution in [0.1, 0.15) is 0 Å². The van der Waals surface area contributed by atoms with Crippen LogP contribution >= 0.6 is 24.2 Å². The highest BCUT2D eigenvalue weighted by atomic mass is 35.5. The molecule has 2 aromatic carbocycles. The Balaban J connectivity index is 1.81. The first-order chi connectivity index (χ1) is 12.0. The Morgan fingerprint density at radius 1 is 1.12 bits per heavy atom. The number of nitrogens with one attached hydrogen (secondary N) is 1. The number of hydrogen-bond acceptors (Lipinski definition) is 6. The lowest BCUT2D eigenvalue weighted by Crippen LogP contribution is -2.16. The average molecular weight is 392 g/mol. The summed E-state index contributed by atoms with van der Waals surface area (Å²) in [4.78, 5) is 0.213. The zero-order chi connectivity index (χ0) is 17.6. The molecule has 0 unspecified atom stereocenters. The summed E-state index contributed by atoms with van der Waals surface area (Å²) < 4.78 is 29.0. The van der Waals surface area contributed by atoms with Gasteiger partial charge in [0.15, 0.2) is 5.65 Å². The summed E-state index contributed by atoms with van der Waals surface area (Å²) in [5, 5.41) is 14.3. The fourth-order valence-electron chi connectivity index (χ4n) is 2.45. The minimum Gasteiger partial charge on any atom is -0.246 e. The van der Waals surface area contributed by atoms with E-state index < -0.39 is 10.0 Å². The van der Waals surface area contributed by atoms with Crippen molar-refractivity contribution in [1.82, 2.24) is 19.8 Å². The quantitative estimate of drug-likeness (QED) is 0.524. The number of aromatic nitrogens is 4. The highest BCUT2D eigenvalue weighted by molar-refractivity contribution is 7.93. The number of halogens is 1. The molecule has 4 aromatic rings. The van der Waals surface area contributed by atoms with Crippen LogP contribution in [0.3, 0.4) is 0 Å². The molecule has 4 rings (SSSR count). The van der Waals surface area contributed by atoms with E-state index in [1.807, 2.05) is 24.3 Å². The molecule has 0 radical (unpaired) electrons. The van der Waals surface area contributed by atoms with Gasteiger partial charge in [0.05, 0.1) is 6.20 Å². The number of rotatable bonds is 3. The molecule has 7 nitrogen and oxygen atoms in total. The fourth-order valence-corrected chi connectivity index (χ4v) is 4.33. The fraction of sp³-hybridized carbons (Fsp3) is 0. The van der Waals surface area contributed by atoms with E-state index in [0.29, 0.717) is 10.7 Å². The van der Waals surface area contributed by atoms with E-state index in [2.05, 4.69) is 32.6 Å². The molecule has 0 saturated heterocycles. The molecule has 10 heteroatoms. The van der Waals surface area contributed by atoms with Gasteiger partial charge in [0.25, 0.3) is 16.0 Å². The van der Waals surface area contributed by atoms with Gasteiger partial charge >= 0.3 is 0 Å². The van der Waals surface area contributed by atoms with Gasteiger partial charge in [-0.25, -0.2) is 13.1 Å². The highest BCUT2D eigenvalue weighted by Crippen LogP contribution is 2.26. The van der Waals surface area contributed by atoms with Crippen LogP contribution in [-0.2, 0) is 10.0 Å². The van der Waals surface area contributed by atoms with Crippen molar-refractivity contribution in [2.45, 2.75) is 9.79 Å². The Morgan fingerprint density at radius 3 is 2.72 bits per heavy atom. The summed E-state index contributed by atoms with van der Waals surface area (Å²) >= 11 is 10.0. The van der Waals surface area contributed by atoms with Crippen LogP contribution in [0.25, 0.3) is 16.4 Å². The maximum absolute atomic E-state index is 12.6. The molecule has 25 heavy (non-hydrogen) atoms. The Labute approximate surface area is 153 Å². The Bertz CT molecular complexity index is 1220. The smallest absolute Gasteiger partial charge is 0.246 e. The molecule has 0 fully saturated rings. The summed E-state index contributed by atoms with van der Waals surface area (Å²) in [6.07, 6.45) is 1.62. The third-order valence-corrected chi connectivity index (χ3v) is 5.73. The van der Waals surface area contributed by atoms with E-state index in [9.17, 15) is 8.42 Å². The zero-order valence-corrected chi connectivity index (χ0v) is 14.9. The molecule has 0 amide bonds. The molecule has 2 heterocycles. The lowest BCUT2D eigenvalue weighted by molar-refractivity contribution is 0.598. The van der Waals surface area contributed by atoms with Crippen LogP contribution in [0.5, 0.6) is 0 Å². The summed E-state index contributed by atoms with van der Waals surface area (Å²) in [6, 6.07) is 11.8. The van der Waals surface area contributed by atoms with E-state index in [-0.39, 0.29) is 15.7 Å². The SMILES string of the molecule is O=S(=O)(Nc1nnc2c3ccccc3cnn12)c1ccc(Cl)cc1S.